The van der Waals surface area contributed by atoms with Gasteiger partial charge in [-0.2, -0.15) is 0 Å². The number of rotatable bonds is 4. The molecule has 122 valence electrons. The summed E-state index contributed by atoms with van der Waals surface area (Å²) in [4.78, 5) is 22.5. The molecule has 1 aromatic carbocycles. The number of non-ortho nitro benzene ring substituents is 1. The minimum Gasteiger partial charge on any atom is -0.350 e. The summed E-state index contributed by atoms with van der Waals surface area (Å²) < 4.78 is 0. The second-order valence-corrected chi connectivity index (χ2v) is 5.92. The van der Waals surface area contributed by atoms with Gasteiger partial charge in [0, 0.05) is 29.8 Å². The van der Waals surface area contributed by atoms with Crippen molar-refractivity contribution >= 4 is 24.0 Å². The molecule has 0 heterocycles. The van der Waals surface area contributed by atoms with Crippen LogP contribution >= 0.6 is 12.4 Å². The lowest BCUT2D eigenvalue weighted by Crippen LogP contribution is -2.51. The molecule has 2 rings (SSSR count). The lowest BCUT2D eigenvalue weighted by Gasteiger charge is -2.33. The van der Waals surface area contributed by atoms with E-state index in [2.05, 4.69) is 5.32 Å². The molecule has 3 N–H and O–H groups in total. The minimum atomic E-state index is -0.491. The molecular weight excluding hydrogens is 306 g/mol. The number of nitrogens with one attached hydrogen (secondary N) is 1. The van der Waals surface area contributed by atoms with Crippen LogP contribution in [-0.2, 0) is 0 Å². The van der Waals surface area contributed by atoms with Crippen LogP contribution in [0, 0.1) is 17.0 Å². The number of nitro groups is 1. The summed E-state index contributed by atoms with van der Waals surface area (Å²) in [5.41, 5.74) is 6.85. The second kappa shape index (κ2) is 7.56. The Labute approximate surface area is 136 Å². The number of hydrogen-bond donors (Lipinski definition) is 2. The monoisotopic (exact) mass is 327 g/mol. The quantitative estimate of drug-likeness (QED) is 0.656. The molecule has 6 nitrogen and oxygen atoms in total. The Morgan fingerprint density at radius 1 is 1.32 bits per heavy atom. The fourth-order valence-electron chi connectivity index (χ4n) is 2.79. The molecule has 0 aliphatic heterocycles. The standard InChI is InChI=1S/C15H21N3O3.ClH/c1-11-7-12(9-13(8-11)18(20)21)14(19)17-10-15(16)5-3-2-4-6-15;/h7-9H,2-6,10,16H2,1H3,(H,17,19);1H. The predicted molar refractivity (Wildman–Crippen MR) is 87.4 cm³/mol. The van der Waals surface area contributed by atoms with Gasteiger partial charge in [0.25, 0.3) is 11.6 Å². The van der Waals surface area contributed by atoms with E-state index in [1.807, 2.05) is 0 Å². The van der Waals surface area contributed by atoms with Gasteiger partial charge < -0.3 is 11.1 Å². The number of hydrogen-bond acceptors (Lipinski definition) is 4. The molecule has 0 aromatic heterocycles. The Hall–Kier alpha value is -1.66. The normalized spacial score (nSPS) is 16.5. The molecule has 7 heteroatoms. The zero-order valence-electron chi connectivity index (χ0n) is 12.6. The summed E-state index contributed by atoms with van der Waals surface area (Å²) in [6.07, 6.45) is 5.17. The number of halogens is 1. The molecule has 1 amide bonds. The van der Waals surface area contributed by atoms with Crippen LogP contribution in [0.2, 0.25) is 0 Å². The highest BCUT2D eigenvalue weighted by atomic mass is 35.5. The molecule has 0 spiro atoms. The number of carbonyl (C=O) groups excluding carboxylic acids is 1. The minimum absolute atomic E-state index is 0. The number of nitro benzene ring substituents is 1. The molecule has 1 fully saturated rings. The van der Waals surface area contributed by atoms with Gasteiger partial charge in [-0.15, -0.1) is 12.4 Å². The van der Waals surface area contributed by atoms with Crippen molar-refractivity contribution < 1.29 is 9.72 Å². The lowest BCUT2D eigenvalue weighted by molar-refractivity contribution is -0.384. The van der Waals surface area contributed by atoms with Gasteiger partial charge in [0.05, 0.1) is 4.92 Å². The van der Waals surface area contributed by atoms with Crippen molar-refractivity contribution in [1.82, 2.24) is 5.32 Å². The van der Waals surface area contributed by atoms with Crippen molar-refractivity contribution in [3.63, 3.8) is 0 Å². The molecule has 0 unspecified atom stereocenters. The van der Waals surface area contributed by atoms with Gasteiger partial charge in [0.15, 0.2) is 0 Å². The number of nitrogens with zero attached hydrogens (tertiary/aromatic N) is 1. The van der Waals surface area contributed by atoms with E-state index in [1.165, 1.54) is 18.6 Å². The zero-order chi connectivity index (χ0) is 15.5. The Morgan fingerprint density at radius 2 is 1.95 bits per heavy atom. The van der Waals surface area contributed by atoms with Crippen molar-refractivity contribution in [2.24, 2.45) is 5.73 Å². The van der Waals surface area contributed by atoms with Crippen molar-refractivity contribution in [3.8, 4) is 0 Å². The molecule has 1 aliphatic carbocycles. The predicted octanol–water partition coefficient (Wildman–Crippen LogP) is 2.72. The Balaban J connectivity index is 0.00000242. The summed E-state index contributed by atoms with van der Waals surface area (Å²) in [6.45, 7) is 2.14. The second-order valence-electron chi connectivity index (χ2n) is 5.92. The number of benzene rings is 1. The maximum atomic E-state index is 12.2. The average Bonchev–Trinajstić information content (AvgIpc) is 2.45. The van der Waals surface area contributed by atoms with Crippen molar-refractivity contribution in [3.05, 3.63) is 39.4 Å². The van der Waals surface area contributed by atoms with Gasteiger partial charge in [0.1, 0.15) is 0 Å². The molecule has 1 aromatic rings. The van der Waals surface area contributed by atoms with Gasteiger partial charge in [-0.1, -0.05) is 19.3 Å². The maximum absolute atomic E-state index is 12.2. The molecular formula is C15H22ClN3O3. The van der Waals surface area contributed by atoms with Gasteiger partial charge in [-0.05, 0) is 31.4 Å². The SMILES string of the molecule is Cc1cc(C(=O)NCC2(N)CCCCC2)cc([N+](=O)[O-])c1.Cl. The highest BCUT2D eigenvalue weighted by Gasteiger charge is 2.28. The van der Waals surface area contributed by atoms with Crippen LogP contribution in [0.15, 0.2) is 18.2 Å². The number of carbonyl (C=O) groups is 1. The highest BCUT2D eigenvalue weighted by Crippen LogP contribution is 2.25. The summed E-state index contributed by atoms with van der Waals surface area (Å²) in [7, 11) is 0. The van der Waals surface area contributed by atoms with Crippen LogP contribution in [0.4, 0.5) is 5.69 Å². The first-order chi connectivity index (χ1) is 9.89. The number of nitrogens with two attached hydrogens (primary N) is 1. The van der Waals surface area contributed by atoms with Gasteiger partial charge in [-0.25, -0.2) is 0 Å². The van der Waals surface area contributed by atoms with E-state index in [0.717, 1.165) is 25.7 Å². The van der Waals surface area contributed by atoms with E-state index in [0.29, 0.717) is 17.7 Å². The molecule has 22 heavy (non-hydrogen) atoms. The fourth-order valence-corrected chi connectivity index (χ4v) is 2.79. The smallest absolute Gasteiger partial charge is 0.270 e. The van der Waals surface area contributed by atoms with Crippen LogP contribution < -0.4 is 11.1 Å². The topological polar surface area (TPSA) is 98.3 Å². The van der Waals surface area contributed by atoms with E-state index < -0.39 is 4.92 Å². The molecule has 1 saturated carbocycles. The lowest BCUT2D eigenvalue weighted by atomic mass is 9.82. The van der Waals surface area contributed by atoms with Gasteiger partial charge in [-0.3, -0.25) is 14.9 Å². The third kappa shape index (κ3) is 4.68. The van der Waals surface area contributed by atoms with E-state index in [9.17, 15) is 14.9 Å². The molecule has 0 saturated heterocycles. The van der Waals surface area contributed by atoms with Crippen molar-refractivity contribution in [2.75, 3.05) is 6.54 Å². The average molecular weight is 328 g/mol. The van der Waals surface area contributed by atoms with Crippen molar-refractivity contribution in [2.45, 2.75) is 44.6 Å². The van der Waals surface area contributed by atoms with Crippen LogP contribution in [0.25, 0.3) is 0 Å². The first-order valence-electron chi connectivity index (χ1n) is 7.23. The summed E-state index contributed by atoms with van der Waals surface area (Å²) >= 11 is 0. The number of amides is 1. The fraction of sp³-hybridized carbons (Fsp3) is 0.533. The third-order valence-corrected chi connectivity index (χ3v) is 3.99. The van der Waals surface area contributed by atoms with Crippen LogP contribution in [0.3, 0.4) is 0 Å². The summed E-state index contributed by atoms with van der Waals surface area (Å²) in [5, 5.41) is 13.7. The molecule has 0 radical (unpaired) electrons. The van der Waals surface area contributed by atoms with Gasteiger partial charge in [0.2, 0.25) is 0 Å². The van der Waals surface area contributed by atoms with E-state index in [1.54, 1.807) is 13.0 Å². The molecule has 0 atom stereocenters. The zero-order valence-corrected chi connectivity index (χ0v) is 13.4. The van der Waals surface area contributed by atoms with E-state index in [-0.39, 0.29) is 29.5 Å². The van der Waals surface area contributed by atoms with Crippen molar-refractivity contribution in [1.29, 1.82) is 0 Å². The Kier molecular flexibility index (Phi) is 6.32. The van der Waals surface area contributed by atoms with E-state index >= 15 is 0 Å². The third-order valence-electron chi connectivity index (χ3n) is 3.99. The molecule has 1 aliphatic rings. The van der Waals surface area contributed by atoms with Crippen LogP contribution in [0.1, 0.15) is 48.0 Å². The van der Waals surface area contributed by atoms with Crippen LogP contribution in [-0.4, -0.2) is 22.9 Å². The summed E-state index contributed by atoms with van der Waals surface area (Å²) in [5.74, 6) is -0.308. The largest absolute Gasteiger partial charge is 0.350 e. The first kappa shape index (κ1) is 18.4. The summed E-state index contributed by atoms with van der Waals surface area (Å²) in [6, 6.07) is 4.39. The maximum Gasteiger partial charge on any atom is 0.270 e. The Morgan fingerprint density at radius 3 is 2.55 bits per heavy atom. The van der Waals surface area contributed by atoms with Gasteiger partial charge >= 0.3 is 0 Å². The van der Waals surface area contributed by atoms with E-state index in [4.69, 9.17) is 5.73 Å². The first-order valence-corrected chi connectivity index (χ1v) is 7.23. The Bertz CT molecular complexity index is 557. The molecule has 0 bridgehead atoms. The number of aryl methyl sites for hydroxylation is 1. The highest BCUT2D eigenvalue weighted by molar-refractivity contribution is 5.95. The van der Waals surface area contributed by atoms with Crippen LogP contribution in [0.5, 0.6) is 0 Å².